The Balaban J connectivity index is 2.19. The minimum Gasteiger partial charge on any atom is -0.372 e. The number of aryl methyl sites for hydroxylation is 1. The molecule has 1 aromatic carbocycles. The molecule has 0 aromatic heterocycles. The zero-order chi connectivity index (χ0) is 16.8. The molecule has 1 heterocycles. The van der Waals surface area contributed by atoms with Crippen molar-refractivity contribution in [3.05, 3.63) is 29.8 Å². The SMILES string of the molecule is CO[C@@H](C)C(=O)N(CC(=O)N1CCCCC1)c1cccc(C)c1. The number of ether oxygens (including phenoxy) is 1. The Morgan fingerprint density at radius 3 is 2.57 bits per heavy atom. The standard InChI is InChI=1S/C18H26N2O3/c1-14-8-7-9-16(12-14)20(18(22)15(2)23-3)13-17(21)19-10-5-4-6-11-19/h7-9,12,15H,4-6,10-11,13H2,1-3H3/t15-/m0/s1. The summed E-state index contributed by atoms with van der Waals surface area (Å²) in [7, 11) is 1.50. The molecule has 0 saturated carbocycles. The molecule has 5 heteroatoms. The third-order valence-electron chi connectivity index (χ3n) is 4.28. The maximum atomic E-state index is 12.6. The number of benzene rings is 1. The number of carbonyl (C=O) groups is 2. The highest BCUT2D eigenvalue weighted by Crippen LogP contribution is 2.19. The number of amides is 2. The van der Waals surface area contributed by atoms with Crippen LogP contribution >= 0.6 is 0 Å². The van der Waals surface area contributed by atoms with Gasteiger partial charge in [-0.05, 0) is 50.8 Å². The number of likely N-dealkylation sites (tertiary alicyclic amines) is 1. The summed E-state index contributed by atoms with van der Waals surface area (Å²) in [6.07, 6.45) is 2.67. The van der Waals surface area contributed by atoms with Crippen LogP contribution in [0.1, 0.15) is 31.7 Å². The van der Waals surface area contributed by atoms with Crippen LogP contribution in [0.5, 0.6) is 0 Å². The van der Waals surface area contributed by atoms with Crippen LogP contribution in [0.2, 0.25) is 0 Å². The van der Waals surface area contributed by atoms with Gasteiger partial charge >= 0.3 is 0 Å². The number of methoxy groups -OCH3 is 1. The average Bonchev–Trinajstić information content (AvgIpc) is 2.58. The van der Waals surface area contributed by atoms with E-state index in [1.807, 2.05) is 36.1 Å². The smallest absolute Gasteiger partial charge is 0.256 e. The fraction of sp³-hybridized carbons (Fsp3) is 0.556. The quantitative estimate of drug-likeness (QED) is 0.837. The number of anilines is 1. The highest BCUT2D eigenvalue weighted by atomic mass is 16.5. The second-order valence-electron chi connectivity index (χ2n) is 6.08. The van der Waals surface area contributed by atoms with Gasteiger partial charge < -0.3 is 14.5 Å². The lowest BCUT2D eigenvalue weighted by Gasteiger charge is -2.31. The molecule has 1 aliphatic heterocycles. The summed E-state index contributed by atoms with van der Waals surface area (Å²) >= 11 is 0. The number of hydrogen-bond donors (Lipinski definition) is 0. The van der Waals surface area contributed by atoms with Gasteiger partial charge in [0.25, 0.3) is 5.91 Å². The molecule has 1 atom stereocenters. The Labute approximate surface area is 138 Å². The van der Waals surface area contributed by atoms with Gasteiger partial charge in [-0.2, -0.15) is 0 Å². The van der Waals surface area contributed by atoms with Crippen molar-refractivity contribution in [3.8, 4) is 0 Å². The van der Waals surface area contributed by atoms with Crippen molar-refractivity contribution in [1.82, 2.24) is 4.90 Å². The normalized spacial score (nSPS) is 16.0. The predicted octanol–water partition coefficient (Wildman–Crippen LogP) is 2.38. The number of hydrogen-bond acceptors (Lipinski definition) is 3. The Morgan fingerprint density at radius 1 is 1.26 bits per heavy atom. The molecular formula is C18H26N2O3. The van der Waals surface area contributed by atoms with Gasteiger partial charge in [0.15, 0.2) is 0 Å². The number of nitrogens with zero attached hydrogens (tertiary/aromatic N) is 2. The monoisotopic (exact) mass is 318 g/mol. The Bertz CT molecular complexity index is 553. The second kappa shape index (κ2) is 8.11. The molecule has 1 fully saturated rings. The summed E-state index contributed by atoms with van der Waals surface area (Å²) in [5, 5.41) is 0. The molecular weight excluding hydrogens is 292 g/mol. The Kier molecular flexibility index (Phi) is 6.16. The lowest BCUT2D eigenvalue weighted by Crippen LogP contribution is -2.47. The van der Waals surface area contributed by atoms with Crippen LogP contribution in [0.25, 0.3) is 0 Å². The highest BCUT2D eigenvalue weighted by Gasteiger charge is 2.26. The maximum Gasteiger partial charge on any atom is 0.256 e. The van der Waals surface area contributed by atoms with Gasteiger partial charge in [0, 0.05) is 25.9 Å². The summed E-state index contributed by atoms with van der Waals surface area (Å²) in [6, 6.07) is 7.65. The first kappa shape index (κ1) is 17.5. The number of rotatable bonds is 5. The molecule has 2 amide bonds. The van der Waals surface area contributed by atoms with Crippen molar-refractivity contribution < 1.29 is 14.3 Å². The highest BCUT2D eigenvalue weighted by molar-refractivity contribution is 6.01. The number of piperidine rings is 1. The molecule has 1 aliphatic rings. The van der Waals surface area contributed by atoms with Crippen LogP contribution < -0.4 is 4.90 Å². The molecule has 0 radical (unpaired) electrons. The van der Waals surface area contributed by atoms with Gasteiger partial charge in [-0.1, -0.05) is 12.1 Å². The van der Waals surface area contributed by atoms with Crippen LogP contribution in [-0.4, -0.2) is 49.6 Å². The lowest BCUT2D eigenvalue weighted by molar-refractivity contribution is -0.134. The zero-order valence-electron chi connectivity index (χ0n) is 14.2. The van der Waals surface area contributed by atoms with Crippen LogP contribution in [0.3, 0.4) is 0 Å². The van der Waals surface area contributed by atoms with E-state index in [1.165, 1.54) is 18.4 Å². The van der Waals surface area contributed by atoms with Crippen molar-refractivity contribution in [1.29, 1.82) is 0 Å². The van der Waals surface area contributed by atoms with Gasteiger partial charge in [0.1, 0.15) is 12.6 Å². The number of carbonyl (C=O) groups excluding carboxylic acids is 2. The first-order valence-corrected chi connectivity index (χ1v) is 8.21. The molecule has 0 aliphatic carbocycles. The largest absolute Gasteiger partial charge is 0.372 e. The van der Waals surface area contributed by atoms with Crippen molar-refractivity contribution in [3.63, 3.8) is 0 Å². The van der Waals surface area contributed by atoms with Crippen LogP contribution in [0.4, 0.5) is 5.69 Å². The second-order valence-corrected chi connectivity index (χ2v) is 6.08. The van der Waals surface area contributed by atoms with E-state index in [0.29, 0.717) is 0 Å². The van der Waals surface area contributed by atoms with E-state index in [1.54, 1.807) is 6.92 Å². The molecule has 0 unspecified atom stereocenters. The van der Waals surface area contributed by atoms with E-state index in [0.717, 1.165) is 37.2 Å². The van der Waals surface area contributed by atoms with Gasteiger partial charge in [0.05, 0.1) is 0 Å². The van der Waals surface area contributed by atoms with Gasteiger partial charge in [-0.3, -0.25) is 9.59 Å². The molecule has 0 spiro atoms. The van der Waals surface area contributed by atoms with Gasteiger partial charge in [-0.25, -0.2) is 0 Å². The lowest BCUT2D eigenvalue weighted by atomic mass is 10.1. The summed E-state index contributed by atoms with van der Waals surface area (Å²) in [5.41, 5.74) is 1.79. The topological polar surface area (TPSA) is 49.9 Å². The fourth-order valence-electron chi connectivity index (χ4n) is 2.79. The van der Waals surface area contributed by atoms with Crippen molar-refractivity contribution in [2.24, 2.45) is 0 Å². The van der Waals surface area contributed by atoms with Crippen LogP contribution in [-0.2, 0) is 14.3 Å². The molecule has 0 N–H and O–H groups in total. The summed E-state index contributed by atoms with van der Waals surface area (Å²) < 4.78 is 5.16. The fourth-order valence-corrected chi connectivity index (χ4v) is 2.79. The van der Waals surface area contributed by atoms with Crippen LogP contribution in [0, 0.1) is 6.92 Å². The molecule has 2 rings (SSSR count). The van der Waals surface area contributed by atoms with Crippen molar-refractivity contribution in [2.45, 2.75) is 39.2 Å². The van der Waals surface area contributed by atoms with E-state index in [2.05, 4.69) is 0 Å². The third-order valence-corrected chi connectivity index (χ3v) is 4.28. The minimum absolute atomic E-state index is 0.00265. The third kappa shape index (κ3) is 4.55. The summed E-state index contributed by atoms with van der Waals surface area (Å²) in [6.45, 7) is 5.31. The summed E-state index contributed by atoms with van der Waals surface area (Å²) in [5.74, 6) is -0.189. The maximum absolute atomic E-state index is 12.6. The van der Waals surface area contributed by atoms with E-state index >= 15 is 0 Å². The first-order valence-electron chi connectivity index (χ1n) is 8.21. The van der Waals surface area contributed by atoms with Gasteiger partial charge in [0.2, 0.25) is 5.91 Å². The van der Waals surface area contributed by atoms with E-state index in [-0.39, 0.29) is 18.4 Å². The van der Waals surface area contributed by atoms with Crippen LogP contribution in [0.15, 0.2) is 24.3 Å². The van der Waals surface area contributed by atoms with Gasteiger partial charge in [-0.15, -0.1) is 0 Å². The van der Waals surface area contributed by atoms with Crippen molar-refractivity contribution in [2.75, 3.05) is 31.6 Å². The molecule has 126 valence electrons. The summed E-state index contributed by atoms with van der Waals surface area (Å²) in [4.78, 5) is 28.6. The molecule has 23 heavy (non-hydrogen) atoms. The predicted molar refractivity (Wildman–Crippen MR) is 90.4 cm³/mol. The molecule has 1 saturated heterocycles. The van der Waals surface area contributed by atoms with E-state index in [9.17, 15) is 9.59 Å². The van der Waals surface area contributed by atoms with Crippen molar-refractivity contribution >= 4 is 17.5 Å². The molecule has 1 aromatic rings. The Hall–Kier alpha value is -1.88. The van der Waals surface area contributed by atoms with E-state index < -0.39 is 6.10 Å². The minimum atomic E-state index is -0.579. The zero-order valence-corrected chi connectivity index (χ0v) is 14.2. The Morgan fingerprint density at radius 2 is 1.96 bits per heavy atom. The molecule has 5 nitrogen and oxygen atoms in total. The average molecular weight is 318 g/mol. The first-order chi connectivity index (χ1) is 11.0. The molecule has 0 bridgehead atoms. The van der Waals surface area contributed by atoms with E-state index in [4.69, 9.17) is 4.74 Å².